The second kappa shape index (κ2) is 6.43. The number of ether oxygens (including phenoxy) is 2. The van der Waals surface area contributed by atoms with Crippen molar-refractivity contribution in [2.75, 3.05) is 19.1 Å². The molecule has 6 heteroatoms. The molecule has 0 aliphatic heterocycles. The molecule has 2 rings (SSSR count). The lowest BCUT2D eigenvalue weighted by atomic mass is 10.2. The van der Waals surface area contributed by atoms with Crippen molar-refractivity contribution >= 4 is 28.5 Å². The van der Waals surface area contributed by atoms with Crippen molar-refractivity contribution in [2.24, 2.45) is 0 Å². The summed E-state index contributed by atoms with van der Waals surface area (Å²) < 4.78 is 15.2. The van der Waals surface area contributed by atoms with Gasteiger partial charge >= 0.3 is 11.6 Å². The molecule has 0 fully saturated rings. The first-order valence-electron chi connectivity index (χ1n) is 6.09. The highest BCUT2D eigenvalue weighted by Crippen LogP contribution is 2.20. The fourth-order valence-corrected chi connectivity index (χ4v) is 1.77. The van der Waals surface area contributed by atoms with Gasteiger partial charge in [-0.2, -0.15) is 0 Å². The number of carbonyl (C=O) groups is 1. The molecule has 1 aromatic carbocycles. The lowest BCUT2D eigenvalue weighted by molar-refractivity contribution is 0.0522. The fourth-order valence-electron chi connectivity index (χ4n) is 1.69. The van der Waals surface area contributed by atoms with E-state index in [1.807, 2.05) is 0 Å². The van der Waals surface area contributed by atoms with Gasteiger partial charge in [-0.15, -0.1) is 11.6 Å². The van der Waals surface area contributed by atoms with E-state index >= 15 is 0 Å². The average molecular weight is 297 g/mol. The smallest absolute Gasteiger partial charge is 0.351 e. The highest BCUT2D eigenvalue weighted by Gasteiger charge is 2.14. The van der Waals surface area contributed by atoms with Crippen LogP contribution in [0.1, 0.15) is 17.3 Å². The molecule has 0 bridgehead atoms. The van der Waals surface area contributed by atoms with E-state index in [1.54, 1.807) is 25.1 Å². The molecule has 0 aliphatic carbocycles. The highest BCUT2D eigenvalue weighted by molar-refractivity contribution is 6.18. The Balaban J connectivity index is 2.40. The molecule has 0 amide bonds. The Bertz CT molecular complexity index is 677. The molecule has 0 radical (unpaired) electrons. The molecule has 0 aliphatic rings. The van der Waals surface area contributed by atoms with Crippen LogP contribution in [0.5, 0.6) is 5.75 Å². The predicted molar refractivity (Wildman–Crippen MR) is 74.7 cm³/mol. The molecular formula is C14H13ClO5. The second-order valence-electron chi connectivity index (χ2n) is 3.91. The molecule has 0 saturated carbocycles. The third kappa shape index (κ3) is 3.11. The summed E-state index contributed by atoms with van der Waals surface area (Å²) in [7, 11) is 0. The Morgan fingerprint density at radius 2 is 2.15 bits per heavy atom. The van der Waals surface area contributed by atoms with Crippen molar-refractivity contribution in [1.29, 1.82) is 0 Å². The first kappa shape index (κ1) is 14.4. The molecule has 1 heterocycles. The zero-order valence-electron chi connectivity index (χ0n) is 10.8. The maximum absolute atomic E-state index is 11.7. The van der Waals surface area contributed by atoms with Gasteiger partial charge < -0.3 is 13.9 Å². The molecule has 1 aromatic heterocycles. The fraction of sp³-hybridized carbons (Fsp3) is 0.286. The Labute approximate surface area is 120 Å². The van der Waals surface area contributed by atoms with Gasteiger partial charge in [0.15, 0.2) is 0 Å². The molecule has 2 aromatic rings. The van der Waals surface area contributed by atoms with Crippen LogP contribution >= 0.6 is 11.6 Å². The zero-order valence-corrected chi connectivity index (χ0v) is 11.6. The van der Waals surface area contributed by atoms with Crippen LogP contribution < -0.4 is 10.4 Å². The van der Waals surface area contributed by atoms with Crippen molar-refractivity contribution in [2.45, 2.75) is 6.92 Å². The molecule has 20 heavy (non-hydrogen) atoms. The quantitative estimate of drug-likeness (QED) is 0.482. The third-order valence-corrected chi connectivity index (χ3v) is 2.70. The molecule has 0 saturated heterocycles. The van der Waals surface area contributed by atoms with Crippen LogP contribution in [0.3, 0.4) is 0 Å². The van der Waals surface area contributed by atoms with Crippen LogP contribution in [0.15, 0.2) is 33.5 Å². The Hall–Kier alpha value is -2.01. The summed E-state index contributed by atoms with van der Waals surface area (Å²) in [6.45, 7) is 2.22. The average Bonchev–Trinajstić information content (AvgIpc) is 2.44. The number of alkyl halides is 1. The lowest BCUT2D eigenvalue weighted by Crippen LogP contribution is -2.16. The van der Waals surface area contributed by atoms with E-state index in [-0.39, 0.29) is 12.2 Å². The maximum Gasteiger partial charge on any atom is 0.351 e. The van der Waals surface area contributed by atoms with Crippen molar-refractivity contribution in [3.63, 3.8) is 0 Å². The number of hydrogen-bond acceptors (Lipinski definition) is 5. The number of benzene rings is 1. The van der Waals surface area contributed by atoms with Crippen LogP contribution in [-0.4, -0.2) is 25.1 Å². The predicted octanol–water partition coefficient (Wildman–Crippen LogP) is 2.59. The van der Waals surface area contributed by atoms with E-state index in [0.717, 1.165) is 0 Å². The Morgan fingerprint density at radius 3 is 2.85 bits per heavy atom. The summed E-state index contributed by atoms with van der Waals surface area (Å²) in [5.41, 5.74) is -0.505. The van der Waals surface area contributed by atoms with E-state index in [9.17, 15) is 9.59 Å². The van der Waals surface area contributed by atoms with Gasteiger partial charge in [0, 0.05) is 11.5 Å². The van der Waals surface area contributed by atoms with Crippen LogP contribution in [0.4, 0.5) is 0 Å². The number of hydrogen-bond donors (Lipinski definition) is 0. The van der Waals surface area contributed by atoms with Gasteiger partial charge in [0.2, 0.25) is 0 Å². The topological polar surface area (TPSA) is 65.7 Å². The molecule has 106 valence electrons. The standard InChI is InChI=1S/C14H13ClO5/c1-2-18-13(16)11-7-9-3-4-10(19-6-5-15)8-12(9)20-14(11)17/h3-4,7-8H,2,5-6H2,1H3. The number of fused-ring (bicyclic) bond motifs is 1. The molecule has 5 nitrogen and oxygen atoms in total. The van der Waals surface area contributed by atoms with Gasteiger partial charge in [-0.3, -0.25) is 0 Å². The lowest BCUT2D eigenvalue weighted by Gasteiger charge is -2.05. The molecule has 0 atom stereocenters. The van der Waals surface area contributed by atoms with Gasteiger partial charge in [-0.25, -0.2) is 9.59 Å². The zero-order chi connectivity index (χ0) is 14.5. The van der Waals surface area contributed by atoms with Gasteiger partial charge in [-0.05, 0) is 25.1 Å². The summed E-state index contributed by atoms with van der Waals surface area (Å²) in [6, 6.07) is 6.44. The summed E-state index contributed by atoms with van der Waals surface area (Å²) >= 11 is 5.53. The second-order valence-corrected chi connectivity index (χ2v) is 4.28. The number of carbonyl (C=O) groups excluding carboxylic acids is 1. The number of esters is 1. The van der Waals surface area contributed by atoms with Crippen molar-refractivity contribution in [3.05, 3.63) is 40.2 Å². The molecular weight excluding hydrogens is 284 g/mol. The summed E-state index contributed by atoms with van der Waals surface area (Å²) in [5, 5.41) is 0.617. The van der Waals surface area contributed by atoms with Crippen LogP contribution in [0, 0.1) is 0 Å². The van der Waals surface area contributed by atoms with Crippen molar-refractivity contribution in [1.82, 2.24) is 0 Å². The minimum atomic E-state index is -0.731. The van der Waals surface area contributed by atoms with Crippen LogP contribution in [0.25, 0.3) is 11.0 Å². The summed E-state index contributed by atoms with van der Waals surface area (Å²) in [4.78, 5) is 23.3. The van der Waals surface area contributed by atoms with E-state index in [4.69, 9.17) is 25.5 Å². The van der Waals surface area contributed by atoms with Crippen molar-refractivity contribution in [3.8, 4) is 5.75 Å². The third-order valence-electron chi connectivity index (χ3n) is 2.55. The van der Waals surface area contributed by atoms with Crippen molar-refractivity contribution < 1.29 is 18.7 Å². The highest BCUT2D eigenvalue weighted by atomic mass is 35.5. The normalized spacial score (nSPS) is 10.5. The molecule has 0 spiro atoms. The van der Waals surface area contributed by atoms with Crippen LogP contribution in [0.2, 0.25) is 0 Å². The maximum atomic E-state index is 11.7. The SMILES string of the molecule is CCOC(=O)c1cc2ccc(OCCCl)cc2oc1=O. The van der Waals surface area contributed by atoms with Gasteiger partial charge in [0.1, 0.15) is 23.5 Å². The van der Waals surface area contributed by atoms with Gasteiger partial charge in [0.25, 0.3) is 0 Å². The van der Waals surface area contributed by atoms with Crippen LogP contribution in [-0.2, 0) is 4.74 Å². The monoisotopic (exact) mass is 296 g/mol. The van der Waals surface area contributed by atoms with E-state index in [1.165, 1.54) is 6.07 Å². The first-order valence-corrected chi connectivity index (χ1v) is 6.63. The van der Waals surface area contributed by atoms with E-state index in [0.29, 0.717) is 29.2 Å². The van der Waals surface area contributed by atoms with Gasteiger partial charge in [-0.1, -0.05) is 0 Å². The summed E-state index contributed by atoms with van der Waals surface area (Å²) in [6.07, 6.45) is 0. The summed E-state index contributed by atoms with van der Waals surface area (Å²) in [5.74, 6) is 0.222. The Kier molecular flexibility index (Phi) is 4.63. The minimum Gasteiger partial charge on any atom is -0.492 e. The first-order chi connectivity index (χ1) is 9.65. The van der Waals surface area contributed by atoms with E-state index in [2.05, 4.69) is 0 Å². The Morgan fingerprint density at radius 1 is 1.35 bits per heavy atom. The number of rotatable bonds is 5. The molecule has 0 N–H and O–H groups in total. The van der Waals surface area contributed by atoms with E-state index < -0.39 is 11.6 Å². The largest absolute Gasteiger partial charge is 0.492 e. The molecule has 0 unspecified atom stereocenters. The van der Waals surface area contributed by atoms with Gasteiger partial charge in [0.05, 0.1) is 12.5 Å². The number of halogens is 1. The minimum absolute atomic E-state index is 0.117.